The maximum Gasteiger partial charge on any atom is 0.263 e. The van der Waals surface area contributed by atoms with Crippen LogP contribution >= 0.6 is 0 Å². The Bertz CT molecular complexity index is 409. The molecule has 4 heteroatoms. The molecule has 2 nitrogen and oxygen atoms in total. The molecule has 1 heterocycles. The van der Waals surface area contributed by atoms with Gasteiger partial charge in [0.25, 0.3) is 6.43 Å². The molecule has 0 spiro atoms. The minimum Gasteiger partial charge on any atom is -0.373 e. The number of hydrogen-bond donors (Lipinski definition) is 1. The molecule has 1 aromatic rings. The lowest BCUT2D eigenvalue weighted by Crippen LogP contribution is -2.30. The Morgan fingerprint density at radius 3 is 2.84 bits per heavy atom. The zero-order valence-electron chi connectivity index (χ0n) is 11.4. The van der Waals surface area contributed by atoms with Gasteiger partial charge in [-0.15, -0.1) is 0 Å². The van der Waals surface area contributed by atoms with Gasteiger partial charge in [-0.2, -0.15) is 0 Å². The zero-order valence-corrected chi connectivity index (χ0v) is 11.4. The van der Waals surface area contributed by atoms with Gasteiger partial charge in [-0.25, -0.2) is 8.78 Å². The second-order valence-electron chi connectivity index (χ2n) is 5.37. The minimum atomic E-state index is -2.42. The number of rotatable bonds is 5. The van der Waals surface area contributed by atoms with E-state index in [0.717, 1.165) is 18.5 Å². The van der Waals surface area contributed by atoms with Crippen molar-refractivity contribution >= 4 is 0 Å². The topological polar surface area (TPSA) is 21.3 Å². The van der Waals surface area contributed by atoms with Gasteiger partial charge in [0.15, 0.2) is 0 Å². The van der Waals surface area contributed by atoms with Crippen molar-refractivity contribution in [3.05, 3.63) is 35.4 Å². The molecule has 1 saturated heterocycles. The van der Waals surface area contributed by atoms with Crippen LogP contribution in [0.25, 0.3) is 0 Å². The monoisotopic (exact) mass is 269 g/mol. The van der Waals surface area contributed by atoms with Crippen LogP contribution in [0.1, 0.15) is 43.9 Å². The summed E-state index contributed by atoms with van der Waals surface area (Å²) in [7, 11) is 0. The van der Waals surface area contributed by atoms with E-state index in [0.29, 0.717) is 18.6 Å². The zero-order chi connectivity index (χ0) is 13.8. The largest absolute Gasteiger partial charge is 0.373 e. The van der Waals surface area contributed by atoms with Gasteiger partial charge in [-0.3, -0.25) is 0 Å². The fourth-order valence-corrected chi connectivity index (χ4v) is 2.47. The first kappa shape index (κ1) is 14.4. The van der Waals surface area contributed by atoms with Gasteiger partial charge in [-0.1, -0.05) is 32.0 Å². The van der Waals surface area contributed by atoms with Crippen molar-refractivity contribution in [1.82, 2.24) is 5.32 Å². The summed E-state index contributed by atoms with van der Waals surface area (Å²) < 4.78 is 31.2. The van der Waals surface area contributed by atoms with Crippen molar-refractivity contribution in [1.29, 1.82) is 0 Å². The summed E-state index contributed by atoms with van der Waals surface area (Å²) in [5, 5.41) is 3.40. The second-order valence-corrected chi connectivity index (χ2v) is 5.37. The minimum absolute atomic E-state index is 0.0649. The number of alkyl halides is 2. The first-order valence-corrected chi connectivity index (χ1v) is 6.81. The van der Waals surface area contributed by atoms with Crippen LogP contribution in [0.5, 0.6) is 0 Å². The maximum atomic E-state index is 12.7. The Balaban J connectivity index is 2.08. The second kappa shape index (κ2) is 6.44. The molecule has 2 rings (SSSR count). The Morgan fingerprint density at radius 1 is 1.37 bits per heavy atom. The average molecular weight is 269 g/mol. The van der Waals surface area contributed by atoms with Crippen LogP contribution in [0, 0.1) is 5.92 Å². The van der Waals surface area contributed by atoms with Gasteiger partial charge in [0.2, 0.25) is 0 Å². The molecule has 0 aliphatic carbocycles. The lowest BCUT2D eigenvalue weighted by atomic mass is 9.94. The SMILES string of the molecule is CC(C)NCC1CCOC1c1cccc(C(F)F)c1. The summed E-state index contributed by atoms with van der Waals surface area (Å²) in [6, 6.07) is 7.03. The van der Waals surface area contributed by atoms with Gasteiger partial charge >= 0.3 is 0 Å². The third-order valence-corrected chi connectivity index (χ3v) is 3.49. The number of ether oxygens (including phenoxy) is 1. The summed E-state index contributed by atoms with van der Waals surface area (Å²) in [4.78, 5) is 0. The molecule has 0 saturated carbocycles. The molecule has 1 N–H and O–H groups in total. The molecule has 1 aliphatic rings. The van der Waals surface area contributed by atoms with Gasteiger partial charge < -0.3 is 10.1 Å². The average Bonchev–Trinajstić information content (AvgIpc) is 2.84. The third-order valence-electron chi connectivity index (χ3n) is 3.49. The predicted molar refractivity (Wildman–Crippen MR) is 71.3 cm³/mol. The Labute approximate surface area is 113 Å². The lowest BCUT2D eigenvalue weighted by molar-refractivity contribution is 0.0895. The molecule has 2 unspecified atom stereocenters. The standard InChI is InChI=1S/C15H21F2NO/c1-10(2)18-9-13-6-7-19-14(13)11-4-3-5-12(8-11)15(16)17/h3-5,8,10,13-15,18H,6-7,9H2,1-2H3. The van der Waals surface area contributed by atoms with E-state index in [1.807, 2.05) is 6.07 Å². The van der Waals surface area contributed by atoms with Crippen LogP contribution in [-0.4, -0.2) is 19.2 Å². The van der Waals surface area contributed by atoms with E-state index in [4.69, 9.17) is 4.74 Å². The molecule has 0 radical (unpaired) electrons. The number of benzene rings is 1. The van der Waals surface area contributed by atoms with E-state index in [1.54, 1.807) is 12.1 Å². The number of halogens is 2. The molecule has 106 valence electrons. The normalized spacial score (nSPS) is 23.5. The Morgan fingerprint density at radius 2 is 2.16 bits per heavy atom. The van der Waals surface area contributed by atoms with Crippen LogP contribution in [0.15, 0.2) is 24.3 Å². The van der Waals surface area contributed by atoms with Crippen LogP contribution in [-0.2, 0) is 4.74 Å². The van der Waals surface area contributed by atoms with Gasteiger partial charge in [0, 0.05) is 30.7 Å². The molecular weight excluding hydrogens is 248 g/mol. The van der Waals surface area contributed by atoms with E-state index in [2.05, 4.69) is 19.2 Å². The van der Waals surface area contributed by atoms with Crippen molar-refractivity contribution in [2.75, 3.05) is 13.2 Å². The molecule has 1 aromatic carbocycles. The Hall–Kier alpha value is -1.00. The maximum absolute atomic E-state index is 12.7. The molecule has 0 bridgehead atoms. The Kier molecular flexibility index (Phi) is 4.88. The molecule has 19 heavy (non-hydrogen) atoms. The van der Waals surface area contributed by atoms with Crippen molar-refractivity contribution < 1.29 is 13.5 Å². The summed E-state index contributed by atoms with van der Waals surface area (Å²) in [5.74, 6) is 0.357. The highest BCUT2D eigenvalue weighted by molar-refractivity contribution is 5.27. The van der Waals surface area contributed by atoms with Crippen LogP contribution in [0.3, 0.4) is 0 Å². The highest BCUT2D eigenvalue weighted by Gasteiger charge is 2.29. The molecule has 1 fully saturated rings. The number of nitrogens with one attached hydrogen (secondary N) is 1. The van der Waals surface area contributed by atoms with Gasteiger partial charge in [0.05, 0.1) is 6.10 Å². The van der Waals surface area contributed by atoms with Crippen molar-refractivity contribution in [2.24, 2.45) is 5.92 Å². The van der Waals surface area contributed by atoms with Gasteiger partial charge in [0.1, 0.15) is 0 Å². The van der Waals surface area contributed by atoms with Crippen molar-refractivity contribution in [3.8, 4) is 0 Å². The van der Waals surface area contributed by atoms with E-state index < -0.39 is 6.43 Å². The highest BCUT2D eigenvalue weighted by Crippen LogP contribution is 2.35. The quantitative estimate of drug-likeness (QED) is 0.880. The van der Waals surface area contributed by atoms with E-state index in [-0.39, 0.29) is 11.7 Å². The highest BCUT2D eigenvalue weighted by atomic mass is 19.3. The molecule has 1 aliphatic heterocycles. The third kappa shape index (κ3) is 3.74. The summed E-state index contributed by atoms with van der Waals surface area (Å²) in [6.45, 7) is 5.76. The predicted octanol–water partition coefficient (Wildman–Crippen LogP) is 3.70. The molecule has 0 aromatic heterocycles. The fraction of sp³-hybridized carbons (Fsp3) is 0.600. The van der Waals surface area contributed by atoms with Crippen LogP contribution in [0.4, 0.5) is 8.78 Å². The summed E-state index contributed by atoms with van der Waals surface area (Å²) in [5.41, 5.74) is 0.939. The van der Waals surface area contributed by atoms with Crippen LogP contribution < -0.4 is 5.32 Å². The van der Waals surface area contributed by atoms with E-state index in [9.17, 15) is 8.78 Å². The van der Waals surface area contributed by atoms with Crippen LogP contribution in [0.2, 0.25) is 0 Å². The van der Waals surface area contributed by atoms with E-state index in [1.165, 1.54) is 6.07 Å². The smallest absolute Gasteiger partial charge is 0.263 e. The summed E-state index contributed by atoms with van der Waals surface area (Å²) >= 11 is 0. The number of hydrogen-bond acceptors (Lipinski definition) is 2. The molecule has 2 atom stereocenters. The van der Waals surface area contributed by atoms with Crippen molar-refractivity contribution in [3.63, 3.8) is 0 Å². The first-order valence-electron chi connectivity index (χ1n) is 6.81. The lowest BCUT2D eigenvalue weighted by Gasteiger charge is -2.21. The first-order chi connectivity index (χ1) is 9.08. The fourth-order valence-electron chi connectivity index (χ4n) is 2.47. The summed E-state index contributed by atoms with van der Waals surface area (Å²) in [6.07, 6.45) is -1.51. The van der Waals surface area contributed by atoms with Gasteiger partial charge in [-0.05, 0) is 18.1 Å². The van der Waals surface area contributed by atoms with E-state index >= 15 is 0 Å². The molecular formula is C15H21F2NO. The van der Waals surface area contributed by atoms with Crippen molar-refractivity contribution in [2.45, 2.75) is 38.8 Å². The molecule has 0 amide bonds.